The zero-order valence-corrected chi connectivity index (χ0v) is 10.7. The molecule has 1 rings (SSSR count). The minimum atomic E-state index is -4.47. The summed E-state index contributed by atoms with van der Waals surface area (Å²) >= 11 is 0. The van der Waals surface area contributed by atoms with Crippen molar-refractivity contribution < 1.29 is 22.5 Å². The Hall–Kier alpha value is -1.86. The van der Waals surface area contributed by atoms with Gasteiger partial charge in [-0.2, -0.15) is 8.42 Å². The molecule has 1 aromatic rings. The van der Waals surface area contributed by atoms with Crippen LogP contribution in [0.4, 0.5) is 0 Å². The molecular formula is C11H13NO5S. The van der Waals surface area contributed by atoms with Gasteiger partial charge >= 0.3 is 0 Å². The molecule has 0 unspecified atom stereocenters. The van der Waals surface area contributed by atoms with Crippen LogP contribution in [0.5, 0.6) is 5.75 Å². The molecule has 0 aromatic heterocycles. The summed E-state index contributed by atoms with van der Waals surface area (Å²) in [6.07, 6.45) is 0. The van der Waals surface area contributed by atoms with Crippen molar-refractivity contribution in [2.45, 2.75) is 4.90 Å². The first-order chi connectivity index (χ1) is 8.31. The van der Waals surface area contributed by atoms with E-state index in [1.807, 2.05) is 0 Å². The third kappa shape index (κ3) is 2.88. The predicted molar refractivity (Wildman–Crippen MR) is 65.9 cm³/mol. The van der Waals surface area contributed by atoms with Crippen molar-refractivity contribution >= 4 is 21.6 Å². The highest BCUT2D eigenvalue weighted by molar-refractivity contribution is 7.86. The Bertz CT molecular complexity index is 591. The zero-order valence-electron chi connectivity index (χ0n) is 9.93. The molecule has 7 heteroatoms. The van der Waals surface area contributed by atoms with Crippen LogP contribution in [0, 0.1) is 0 Å². The van der Waals surface area contributed by atoms with Crippen LogP contribution in [-0.2, 0) is 14.9 Å². The summed E-state index contributed by atoms with van der Waals surface area (Å²) in [6.45, 7) is 3.50. The van der Waals surface area contributed by atoms with E-state index in [2.05, 4.69) is 11.9 Å². The van der Waals surface area contributed by atoms with E-state index < -0.39 is 20.9 Å². The van der Waals surface area contributed by atoms with Crippen LogP contribution in [0.25, 0.3) is 5.57 Å². The Balaban J connectivity index is 3.45. The maximum atomic E-state index is 11.4. The van der Waals surface area contributed by atoms with Crippen LogP contribution in [0.1, 0.15) is 5.56 Å². The fourth-order valence-corrected chi connectivity index (χ4v) is 2.10. The summed E-state index contributed by atoms with van der Waals surface area (Å²) in [5.41, 5.74) is -0.0366. The van der Waals surface area contributed by atoms with Crippen molar-refractivity contribution in [2.24, 2.45) is 0 Å². The molecule has 0 atom stereocenters. The number of hydrogen-bond acceptors (Lipinski definition) is 4. The Morgan fingerprint density at radius 1 is 1.44 bits per heavy atom. The van der Waals surface area contributed by atoms with Gasteiger partial charge in [-0.1, -0.05) is 6.58 Å². The molecule has 18 heavy (non-hydrogen) atoms. The highest BCUT2D eigenvalue weighted by atomic mass is 32.2. The average Bonchev–Trinajstić information content (AvgIpc) is 2.35. The van der Waals surface area contributed by atoms with E-state index in [9.17, 15) is 13.2 Å². The molecule has 0 aliphatic rings. The minimum Gasteiger partial charge on any atom is -0.497 e. The van der Waals surface area contributed by atoms with Gasteiger partial charge in [-0.05, 0) is 12.1 Å². The fourth-order valence-electron chi connectivity index (χ4n) is 1.37. The van der Waals surface area contributed by atoms with Crippen LogP contribution < -0.4 is 10.1 Å². The average molecular weight is 271 g/mol. The van der Waals surface area contributed by atoms with Crippen molar-refractivity contribution in [2.75, 3.05) is 14.2 Å². The van der Waals surface area contributed by atoms with Crippen molar-refractivity contribution in [1.82, 2.24) is 5.32 Å². The molecule has 0 saturated carbocycles. The lowest BCUT2D eigenvalue weighted by Gasteiger charge is -2.10. The summed E-state index contributed by atoms with van der Waals surface area (Å²) < 4.78 is 36.5. The highest BCUT2D eigenvalue weighted by Gasteiger charge is 2.21. The first-order valence-corrected chi connectivity index (χ1v) is 6.32. The molecule has 0 spiro atoms. The normalized spacial score (nSPS) is 10.8. The lowest BCUT2D eigenvalue weighted by Crippen LogP contribution is -2.19. The summed E-state index contributed by atoms with van der Waals surface area (Å²) in [6, 6.07) is 3.94. The first kappa shape index (κ1) is 14.2. The third-order valence-electron chi connectivity index (χ3n) is 2.29. The Morgan fingerprint density at radius 3 is 2.50 bits per heavy atom. The van der Waals surface area contributed by atoms with Crippen molar-refractivity contribution in [3.8, 4) is 5.75 Å². The second-order valence-corrected chi connectivity index (χ2v) is 4.78. The van der Waals surface area contributed by atoms with Gasteiger partial charge in [0.05, 0.1) is 7.11 Å². The van der Waals surface area contributed by atoms with E-state index in [4.69, 9.17) is 9.29 Å². The van der Waals surface area contributed by atoms with Gasteiger partial charge in [0.25, 0.3) is 16.0 Å². The fraction of sp³-hybridized carbons (Fsp3) is 0.182. The van der Waals surface area contributed by atoms with Gasteiger partial charge in [0, 0.05) is 24.3 Å². The standard InChI is InChI=1S/C11H13NO5S/c1-7(11(13)12-2)9-5-4-8(17-3)6-10(9)18(14,15)16/h4-6H,1H2,2-3H3,(H,12,13)(H,14,15,16). The molecule has 6 nitrogen and oxygen atoms in total. The van der Waals surface area contributed by atoms with Crippen LogP contribution >= 0.6 is 0 Å². The molecule has 1 amide bonds. The predicted octanol–water partition coefficient (Wildman–Crippen LogP) is 0.701. The summed E-state index contributed by atoms with van der Waals surface area (Å²) in [5, 5.41) is 2.32. The molecule has 2 N–H and O–H groups in total. The number of ether oxygens (including phenoxy) is 1. The van der Waals surface area contributed by atoms with Gasteiger partial charge in [-0.25, -0.2) is 0 Å². The van der Waals surface area contributed by atoms with Gasteiger partial charge in [0.2, 0.25) is 0 Å². The summed E-state index contributed by atoms with van der Waals surface area (Å²) in [5.74, 6) is -0.291. The SMILES string of the molecule is C=C(C(=O)NC)c1ccc(OC)cc1S(=O)(=O)O. The second kappa shape index (κ2) is 5.19. The first-order valence-electron chi connectivity index (χ1n) is 4.88. The molecule has 0 aliphatic heterocycles. The number of methoxy groups -OCH3 is 1. The van der Waals surface area contributed by atoms with Gasteiger partial charge in [0.1, 0.15) is 10.6 Å². The minimum absolute atomic E-state index is 0.0256. The number of carbonyl (C=O) groups is 1. The van der Waals surface area contributed by atoms with E-state index in [1.165, 1.54) is 26.3 Å². The molecule has 0 saturated heterocycles. The van der Waals surface area contributed by atoms with E-state index in [0.717, 1.165) is 6.07 Å². The van der Waals surface area contributed by atoms with Crippen molar-refractivity contribution in [3.05, 3.63) is 30.3 Å². The molecule has 0 fully saturated rings. The monoisotopic (exact) mass is 271 g/mol. The number of nitrogens with one attached hydrogen (secondary N) is 1. The third-order valence-corrected chi connectivity index (χ3v) is 3.19. The van der Waals surface area contributed by atoms with E-state index in [1.54, 1.807) is 0 Å². The number of benzene rings is 1. The number of likely N-dealkylation sites (N-methyl/N-ethyl adjacent to an activating group) is 1. The summed E-state index contributed by atoms with van der Waals surface area (Å²) in [4.78, 5) is 11.0. The maximum Gasteiger partial charge on any atom is 0.295 e. The molecule has 0 bridgehead atoms. The van der Waals surface area contributed by atoms with Gasteiger partial charge in [-0.15, -0.1) is 0 Å². The number of hydrogen-bond donors (Lipinski definition) is 2. The highest BCUT2D eigenvalue weighted by Crippen LogP contribution is 2.26. The molecule has 0 aliphatic carbocycles. The number of carbonyl (C=O) groups excluding carboxylic acids is 1. The Kier molecular flexibility index (Phi) is 4.10. The van der Waals surface area contributed by atoms with E-state index >= 15 is 0 Å². The van der Waals surface area contributed by atoms with Gasteiger partial charge < -0.3 is 10.1 Å². The van der Waals surface area contributed by atoms with Crippen LogP contribution in [0.3, 0.4) is 0 Å². The zero-order chi connectivity index (χ0) is 13.9. The van der Waals surface area contributed by atoms with Gasteiger partial charge in [0.15, 0.2) is 0 Å². The number of rotatable bonds is 4. The second-order valence-electron chi connectivity index (χ2n) is 3.39. The Labute approximate surface area is 105 Å². The molecule has 98 valence electrons. The maximum absolute atomic E-state index is 11.4. The van der Waals surface area contributed by atoms with Crippen molar-refractivity contribution in [1.29, 1.82) is 0 Å². The smallest absolute Gasteiger partial charge is 0.295 e. The van der Waals surface area contributed by atoms with Crippen LogP contribution in [-0.4, -0.2) is 33.0 Å². The van der Waals surface area contributed by atoms with Crippen LogP contribution in [0.15, 0.2) is 29.7 Å². The topological polar surface area (TPSA) is 92.7 Å². The molecule has 1 aromatic carbocycles. The Morgan fingerprint density at radius 2 is 2.06 bits per heavy atom. The quantitative estimate of drug-likeness (QED) is 0.621. The van der Waals surface area contributed by atoms with E-state index in [-0.39, 0.29) is 16.9 Å². The summed E-state index contributed by atoms with van der Waals surface area (Å²) in [7, 11) is -1.72. The largest absolute Gasteiger partial charge is 0.497 e. The van der Waals surface area contributed by atoms with Crippen molar-refractivity contribution in [3.63, 3.8) is 0 Å². The lowest BCUT2D eigenvalue weighted by atomic mass is 10.1. The molecule has 0 radical (unpaired) electrons. The van der Waals surface area contributed by atoms with E-state index in [0.29, 0.717) is 0 Å². The lowest BCUT2D eigenvalue weighted by molar-refractivity contribution is -0.115. The van der Waals surface area contributed by atoms with Crippen LogP contribution in [0.2, 0.25) is 0 Å². The number of amides is 1. The molecule has 0 heterocycles. The van der Waals surface area contributed by atoms with Gasteiger partial charge in [-0.3, -0.25) is 9.35 Å². The molecular weight excluding hydrogens is 258 g/mol.